The molecule has 19 heavy (non-hydrogen) atoms. The number of tetrazole rings is 1. The maximum Gasteiger partial charge on any atom is 0.278 e. The molecule has 8 nitrogen and oxygen atoms in total. The summed E-state index contributed by atoms with van der Waals surface area (Å²) < 4.78 is 1.86. The lowest BCUT2D eigenvalue weighted by Crippen LogP contribution is -2.01. The van der Waals surface area contributed by atoms with Crippen LogP contribution in [0.25, 0.3) is 10.9 Å². The number of hydrogen-bond donors (Lipinski definition) is 0. The van der Waals surface area contributed by atoms with Gasteiger partial charge in [-0.15, -0.1) is 10.2 Å². The minimum atomic E-state index is -0.382. The van der Waals surface area contributed by atoms with Crippen LogP contribution in [-0.4, -0.2) is 29.7 Å². The number of nitro benzene ring substituents is 1. The molecule has 0 saturated heterocycles. The van der Waals surface area contributed by atoms with E-state index in [1.165, 1.54) is 10.9 Å². The molecule has 0 fully saturated rings. The first-order valence-electron chi connectivity index (χ1n) is 5.60. The van der Waals surface area contributed by atoms with Crippen molar-refractivity contribution in [3.63, 3.8) is 0 Å². The van der Waals surface area contributed by atoms with Crippen LogP contribution in [0.2, 0.25) is 0 Å². The molecule has 0 bridgehead atoms. The third-order valence-electron chi connectivity index (χ3n) is 2.85. The van der Waals surface area contributed by atoms with Crippen molar-refractivity contribution in [1.29, 1.82) is 0 Å². The largest absolute Gasteiger partial charge is 0.339 e. The first kappa shape index (κ1) is 11.3. The molecule has 96 valence electrons. The predicted octanol–water partition coefficient (Wildman–Crippen LogP) is 1.12. The zero-order valence-electron chi connectivity index (χ0n) is 10.1. The minimum Gasteiger partial charge on any atom is -0.339 e. The zero-order valence-corrected chi connectivity index (χ0v) is 10.1. The van der Waals surface area contributed by atoms with Gasteiger partial charge in [-0.2, -0.15) is 4.80 Å². The summed E-state index contributed by atoms with van der Waals surface area (Å²) in [5.41, 5.74) is 0.880. The van der Waals surface area contributed by atoms with Gasteiger partial charge >= 0.3 is 0 Å². The van der Waals surface area contributed by atoms with Gasteiger partial charge in [-0.05, 0) is 17.3 Å². The Kier molecular flexibility index (Phi) is 2.48. The Morgan fingerprint density at radius 3 is 2.89 bits per heavy atom. The summed E-state index contributed by atoms with van der Waals surface area (Å²) in [6.45, 7) is 0.429. The number of aryl methyl sites for hydroxylation is 1. The van der Waals surface area contributed by atoms with Crippen molar-refractivity contribution in [2.24, 2.45) is 7.05 Å². The second kappa shape index (κ2) is 4.16. The molecule has 0 amide bonds. The Hall–Kier alpha value is -2.77. The summed E-state index contributed by atoms with van der Waals surface area (Å²) in [6, 6.07) is 6.72. The Balaban J connectivity index is 2.06. The molecule has 0 N–H and O–H groups in total. The van der Waals surface area contributed by atoms with Gasteiger partial charge in [-0.3, -0.25) is 10.1 Å². The average molecular weight is 258 g/mol. The van der Waals surface area contributed by atoms with Crippen molar-refractivity contribution in [2.45, 2.75) is 6.54 Å². The van der Waals surface area contributed by atoms with E-state index < -0.39 is 0 Å². The third-order valence-corrected chi connectivity index (χ3v) is 2.85. The van der Waals surface area contributed by atoms with E-state index in [4.69, 9.17) is 0 Å². The lowest BCUT2D eigenvalue weighted by atomic mass is 10.2. The molecular formula is C11H10N6O2. The second-order valence-electron chi connectivity index (χ2n) is 4.11. The summed E-state index contributed by atoms with van der Waals surface area (Å²) in [5.74, 6) is 0.562. The Morgan fingerprint density at radius 2 is 2.21 bits per heavy atom. The molecule has 0 saturated carbocycles. The van der Waals surface area contributed by atoms with Gasteiger partial charge in [0.05, 0.1) is 29.4 Å². The van der Waals surface area contributed by atoms with Crippen LogP contribution in [0.4, 0.5) is 5.69 Å². The normalized spacial score (nSPS) is 11.0. The van der Waals surface area contributed by atoms with E-state index in [2.05, 4.69) is 15.4 Å². The van der Waals surface area contributed by atoms with Crippen LogP contribution in [-0.2, 0) is 13.6 Å². The fraction of sp³-hybridized carbons (Fsp3) is 0.182. The third kappa shape index (κ3) is 1.92. The molecular weight excluding hydrogens is 248 g/mol. The molecule has 0 atom stereocenters. The number of non-ortho nitro benzene ring substituents is 1. The van der Waals surface area contributed by atoms with Crippen LogP contribution in [0.5, 0.6) is 0 Å². The average Bonchev–Trinajstić information content (AvgIpc) is 2.97. The van der Waals surface area contributed by atoms with Gasteiger partial charge < -0.3 is 4.57 Å². The first-order chi connectivity index (χ1) is 9.15. The standard InChI is InChI=1S/C11H10N6O2/c1-15-13-11(12-14-15)7-16-6-5-8-9(16)3-2-4-10(8)17(18)19/h2-6H,7H2,1H3. The van der Waals surface area contributed by atoms with Crippen molar-refractivity contribution < 1.29 is 4.92 Å². The highest BCUT2D eigenvalue weighted by Gasteiger charge is 2.14. The van der Waals surface area contributed by atoms with Crippen LogP contribution in [0.15, 0.2) is 30.5 Å². The van der Waals surface area contributed by atoms with Crippen LogP contribution >= 0.6 is 0 Å². The topological polar surface area (TPSA) is 91.7 Å². The van der Waals surface area contributed by atoms with Gasteiger partial charge in [0.2, 0.25) is 0 Å². The summed E-state index contributed by atoms with van der Waals surface area (Å²) in [7, 11) is 1.69. The highest BCUT2D eigenvalue weighted by Crippen LogP contribution is 2.26. The van der Waals surface area contributed by atoms with Gasteiger partial charge in [0.25, 0.3) is 5.69 Å². The van der Waals surface area contributed by atoms with Crippen molar-refractivity contribution in [3.8, 4) is 0 Å². The molecule has 0 aliphatic carbocycles. The molecule has 0 radical (unpaired) electrons. The highest BCUT2D eigenvalue weighted by atomic mass is 16.6. The maximum absolute atomic E-state index is 10.9. The minimum absolute atomic E-state index is 0.100. The summed E-state index contributed by atoms with van der Waals surface area (Å²) in [6.07, 6.45) is 1.79. The van der Waals surface area contributed by atoms with E-state index in [0.29, 0.717) is 17.8 Å². The summed E-state index contributed by atoms with van der Waals surface area (Å²) >= 11 is 0. The summed E-state index contributed by atoms with van der Waals surface area (Å²) in [4.78, 5) is 11.9. The van der Waals surface area contributed by atoms with Gasteiger partial charge in [-0.1, -0.05) is 6.07 Å². The van der Waals surface area contributed by atoms with Gasteiger partial charge in [-0.25, -0.2) is 0 Å². The quantitative estimate of drug-likeness (QED) is 0.518. The van der Waals surface area contributed by atoms with Crippen LogP contribution < -0.4 is 0 Å². The van der Waals surface area contributed by atoms with Gasteiger partial charge in [0.15, 0.2) is 5.82 Å². The molecule has 1 aromatic carbocycles. The van der Waals surface area contributed by atoms with E-state index in [-0.39, 0.29) is 10.6 Å². The number of fused-ring (bicyclic) bond motifs is 1. The lowest BCUT2D eigenvalue weighted by Gasteiger charge is -2.01. The van der Waals surface area contributed by atoms with Crippen molar-refractivity contribution in [1.82, 2.24) is 24.8 Å². The Bertz CT molecular complexity index is 759. The van der Waals surface area contributed by atoms with Gasteiger partial charge in [0, 0.05) is 12.3 Å². The molecule has 0 aliphatic rings. The molecule has 2 aromatic heterocycles. The monoisotopic (exact) mass is 258 g/mol. The van der Waals surface area contributed by atoms with Crippen LogP contribution in [0, 0.1) is 10.1 Å². The number of nitrogens with zero attached hydrogens (tertiary/aromatic N) is 6. The molecule has 2 heterocycles. The Labute approximate surface area is 107 Å². The number of aromatic nitrogens is 5. The molecule has 3 rings (SSSR count). The van der Waals surface area contributed by atoms with E-state index in [0.717, 1.165) is 5.52 Å². The number of benzene rings is 1. The molecule has 0 spiro atoms. The highest BCUT2D eigenvalue weighted by molar-refractivity contribution is 5.89. The van der Waals surface area contributed by atoms with Crippen LogP contribution in [0.1, 0.15) is 5.82 Å². The molecule has 8 heteroatoms. The summed E-state index contributed by atoms with van der Waals surface area (Å²) in [5, 5.41) is 23.3. The van der Waals surface area contributed by atoms with E-state index in [1.807, 2.05) is 10.6 Å². The number of rotatable bonds is 3. The van der Waals surface area contributed by atoms with Gasteiger partial charge in [0.1, 0.15) is 0 Å². The first-order valence-corrected chi connectivity index (χ1v) is 5.60. The Morgan fingerprint density at radius 1 is 1.37 bits per heavy atom. The van der Waals surface area contributed by atoms with Crippen molar-refractivity contribution in [2.75, 3.05) is 0 Å². The molecule has 0 aliphatic heterocycles. The van der Waals surface area contributed by atoms with Crippen molar-refractivity contribution in [3.05, 3.63) is 46.4 Å². The van der Waals surface area contributed by atoms with Crippen LogP contribution in [0.3, 0.4) is 0 Å². The van der Waals surface area contributed by atoms with E-state index >= 15 is 0 Å². The number of hydrogen-bond acceptors (Lipinski definition) is 5. The lowest BCUT2D eigenvalue weighted by molar-refractivity contribution is -0.383. The predicted molar refractivity (Wildman–Crippen MR) is 66.5 cm³/mol. The SMILES string of the molecule is Cn1nnc(Cn2ccc3c([N+](=O)[O-])cccc32)n1. The molecule has 0 unspecified atom stereocenters. The molecule has 3 aromatic rings. The maximum atomic E-state index is 10.9. The van der Waals surface area contributed by atoms with E-state index in [1.54, 1.807) is 25.4 Å². The smallest absolute Gasteiger partial charge is 0.278 e. The zero-order chi connectivity index (χ0) is 13.4. The number of nitro groups is 1. The second-order valence-corrected chi connectivity index (χ2v) is 4.11. The fourth-order valence-electron chi connectivity index (χ4n) is 2.04. The van der Waals surface area contributed by atoms with E-state index in [9.17, 15) is 10.1 Å². The fourth-order valence-corrected chi connectivity index (χ4v) is 2.04. The van der Waals surface area contributed by atoms with Crippen molar-refractivity contribution >= 4 is 16.6 Å².